The van der Waals surface area contributed by atoms with Crippen molar-refractivity contribution < 1.29 is 9.90 Å². The molecule has 3 heteroatoms. The number of ketones is 1. The number of hydrogen-bond acceptors (Lipinski definition) is 3. The van der Waals surface area contributed by atoms with Crippen molar-refractivity contribution in [1.82, 2.24) is 4.90 Å². The molecule has 1 aromatic carbocycles. The molecule has 1 fully saturated rings. The fourth-order valence-electron chi connectivity index (χ4n) is 4.97. The predicted molar refractivity (Wildman–Crippen MR) is 86.1 cm³/mol. The summed E-state index contributed by atoms with van der Waals surface area (Å²) in [5.41, 5.74) is 3.92. The van der Waals surface area contributed by atoms with Crippen LogP contribution in [0.25, 0.3) is 0 Å². The van der Waals surface area contributed by atoms with Crippen LogP contribution >= 0.6 is 0 Å². The first-order valence-electron chi connectivity index (χ1n) is 8.18. The average molecular weight is 297 g/mol. The molecule has 0 unspecified atom stereocenters. The zero-order chi connectivity index (χ0) is 15.6. The molecule has 1 saturated heterocycles. The minimum absolute atomic E-state index is 0.197. The van der Waals surface area contributed by atoms with Gasteiger partial charge in [-0.3, -0.25) is 4.79 Å². The summed E-state index contributed by atoms with van der Waals surface area (Å²) in [6.07, 6.45) is 4.65. The Morgan fingerprint density at radius 2 is 2.09 bits per heavy atom. The fourth-order valence-corrected chi connectivity index (χ4v) is 4.97. The van der Waals surface area contributed by atoms with Crippen LogP contribution in [0.3, 0.4) is 0 Å². The van der Waals surface area contributed by atoms with Crippen molar-refractivity contribution in [2.75, 3.05) is 13.6 Å². The molecule has 116 valence electrons. The first kappa shape index (κ1) is 14.0. The van der Waals surface area contributed by atoms with Gasteiger partial charge in [0.05, 0.1) is 0 Å². The zero-order valence-electron chi connectivity index (χ0n) is 13.5. The zero-order valence-corrected chi connectivity index (χ0v) is 13.5. The maximum atomic E-state index is 12.5. The quantitative estimate of drug-likeness (QED) is 0.800. The molecule has 1 N–H and O–H groups in total. The number of benzene rings is 1. The number of Topliss-reactive ketones (excluding diaryl/α,β-unsaturated/α-hetero) is 1. The standard InChI is InChI=1S/C19H23NO2/c1-11-4-5-13-9-15-14-8-12(2)16(21)10-19(14,6-7-20(15)3)17(13)18(11)22/h4-5,8,14-15,22H,6-7,9-10H2,1-3H3/t14-,15+,19-/m1/s1. The smallest absolute Gasteiger partial charge is 0.159 e. The highest BCUT2D eigenvalue weighted by Gasteiger charge is 2.55. The first-order chi connectivity index (χ1) is 10.4. The van der Waals surface area contributed by atoms with Crippen molar-refractivity contribution in [3.63, 3.8) is 0 Å². The number of carbonyl (C=O) groups excluding carboxylic acids is 1. The predicted octanol–water partition coefficient (Wildman–Crippen LogP) is 2.73. The summed E-state index contributed by atoms with van der Waals surface area (Å²) in [4.78, 5) is 14.9. The van der Waals surface area contributed by atoms with Gasteiger partial charge in [-0.25, -0.2) is 0 Å². The molecule has 4 rings (SSSR count). The van der Waals surface area contributed by atoms with Gasteiger partial charge in [-0.05, 0) is 57.0 Å². The van der Waals surface area contributed by atoms with E-state index in [0.717, 1.165) is 36.1 Å². The lowest BCUT2D eigenvalue weighted by Crippen LogP contribution is -2.60. The number of likely N-dealkylation sites (tertiary alicyclic amines) is 1. The first-order valence-corrected chi connectivity index (χ1v) is 8.18. The van der Waals surface area contributed by atoms with Crippen LogP contribution in [-0.2, 0) is 16.6 Å². The molecule has 1 aliphatic heterocycles. The number of aryl methyl sites for hydroxylation is 1. The van der Waals surface area contributed by atoms with Gasteiger partial charge in [-0.15, -0.1) is 0 Å². The Morgan fingerprint density at radius 1 is 1.32 bits per heavy atom. The van der Waals surface area contributed by atoms with Crippen LogP contribution in [0.15, 0.2) is 23.8 Å². The van der Waals surface area contributed by atoms with E-state index in [-0.39, 0.29) is 11.2 Å². The second kappa shape index (κ2) is 4.45. The van der Waals surface area contributed by atoms with Crippen LogP contribution in [0.5, 0.6) is 5.75 Å². The number of rotatable bonds is 0. The molecular formula is C19H23NO2. The van der Waals surface area contributed by atoms with Gasteiger partial charge in [-0.2, -0.15) is 0 Å². The minimum Gasteiger partial charge on any atom is -0.507 e. The molecule has 3 atom stereocenters. The molecule has 1 aromatic rings. The van der Waals surface area contributed by atoms with Gasteiger partial charge < -0.3 is 10.0 Å². The Hall–Kier alpha value is -1.61. The van der Waals surface area contributed by atoms with Gasteiger partial charge in [0.15, 0.2) is 5.78 Å². The van der Waals surface area contributed by atoms with Crippen molar-refractivity contribution in [3.8, 4) is 5.75 Å². The number of fused-ring (bicyclic) bond motifs is 1. The van der Waals surface area contributed by atoms with Crippen LogP contribution in [-0.4, -0.2) is 35.4 Å². The van der Waals surface area contributed by atoms with Gasteiger partial charge in [-0.1, -0.05) is 18.2 Å². The summed E-state index contributed by atoms with van der Waals surface area (Å²) in [6.45, 7) is 4.89. The molecule has 0 amide bonds. The Labute approximate surface area is 131 Å². The number of allylic oxidation sites excluding steroid dienone is 1. The maximum absolute atomic E-state index is 12.5. The van der Waals surface area contributed by atoms with Crippen molar-refractivity contribution in [3.05, 3.63) is 40.5 Å². The molecular weight excluding hydrogens is 274 g/mol. The lowest BCUT2D eigenvalue weighted by Gasteiger charge is -2.56. The number of carbonyl (C=O) groups is 1. The number of hydrogen-bond donors (Lipinski definition) is 1. The molecule has 3 nitrogen and oxygen atoms in total. The third kappa shape index (κ3) is 1.63. The Morgan fingerprint density at radius 3 is 2.86 bits per heavy atom. The Bertz CT molecular complexity index is 706. The van der Waals surface area contributed by atoms with Gasteiger partial charge in [0.1, 0.15) is 5.75 Å². The number of nitrogens with zero attached hydrogens (tertiary/aromatic N) is 1. The molecule has 0 aromatic heterocycles. The van der Waals surface area contributed by atoms with Crippen LogP contribution in [0.4, 0.5) is 0 Å². The van der Waals surface area contributed by atoms with Gasteiger partial charge in [0.2, 0.25) is 0 Å². The van der Waals surface area contributed by atoms with E-state index in [1.54, 1.807) is 0 Å². The van der Waals surface area contributed by atoms with Crippen LogP contribution in [0.2, 0.25) is 0 Å². The van der Waals surface area contributed by atoms with E-state index in [2.05, 4.69) is 24.1 Å². The second-order valence-electron chi connectivity index (χ2n) is 7.40. The van der Waals surface area contributed by atoms with Crippen molar-refractivity contribution in [1.29, 1.82) is 0 Å². The topological polar surface area (TPSA) is 40.5 Å². The van der Waals surface area contributed by atoms with E-state index in [1.807, 2.05) is 19.9 Å². The van der Waals surface area contributed by atoms with E-state index in [9.17, 15) is 9.90 Å². The maximum Gasteiger partial charge on any atom is 0.159 e. The molecule has 2 aliphatic carbocycles. The Kier molecular flexibility index (Phi) is 2.83. The van der Waals surface area contributed by atoms with Crippen LogP contribution in [0.1, 0.15) is 36.5 Å². The summed E-state index contributed by atoms with van der Waals surface area (Å²) in [5.74, 6) is 1.00. The second-order valence-corrected chi connectivity index (χ2v) is 7.40. The van der Waals surface area contributed by atoms with E-state index >= 15 is 0 Å². The molecule has 22 heavy (non-hydrogen) atoms. The molecule has 0 saturated carbocycles. The molecule has 2 bridgehead atoms. The minimum atomic E-state index is -0.197. The summed E-state index contributed by atoms with van der Waals surface area (Å²) >= 11 is 0. The number of phenolic OH excluding ortho intramolecular Hbond substituents is 1. The van der Waals surface area contributed by atoms with E-state index in [0.29, 0.717) is 24.1 Å². The van der Waals surface area contributed by atoms with Gasteiger partial charge in [0.25, 0.3) is 0 Å². The number of piperidine rings is 1. The third-order valence-corrected chi connectivity index (χ3v) is 6.27. The van der Waals surface area contributed by atoms with Gasteiger partial charge in [0, 0.05) is 29.4 Å². The fraction of sp³-hybridized carbons (Fsp3) is 0.526. The molecule has 3 aliphatic rings. The Balaban J connectivity index is 2.01. The SMILES string of the molecule is CC1=C[C@@H]2[C@@H]3Cc4ccc(C)c(O)c4[C@]2(CCN3C)CC1=O. The lowest BCUT2D eigenvalue weighted by atomic mass is 9.53. The summed E-state index contributed by atoms with van der Waals surface area (Å²) in [5, 5.41) is 10.8. The number of phenols is 1. The van der Waals surface area contributed by atoms with Crippen molar-refractivity contribution in [2.24, 2.45) is 5.92 Å². The highest BCUT2D eigenvalue weighted by atomic mass is 16.3. The summed E-state index contributed by atoms with van der Waals surface area (Å²) in [6, 6.07) is 4.60. The lowest BCUT2D eigenvalue weighted by molar-refractivity contribution is -0.119. The summed E-state index contributed by atoms with van der Waals surface area (Å²) in [7, 11) is 2.19. The van der Waals surface area contributed by atoms with E-state index in [1.165, 1.54) is 5.56 Å². The van der Waals surface area contributed by atoms with E-state index in [4.69, 9.17) is 0 Å². The average Bonchev–Trinajstić information content (AvgIpc) is 2.48. The normalized spacial score (nSPS) is 34.0. The van der Waals surface area contributed by atoms with Crippen LogP contribution < -0.4 is 0 Å². The number of aromatic hydroxyl groups is 1. The largest absolute Gasteiger partial charge is 0.507 e. The molecule has 1 heterocycles. The molecule has 0 spiro atoms. The van der Waals surface area contributed by atoms with Crippen molar-refractivity contribution >= 4 is 5.78 Å². The summed E-state index contributed by atoms with van der Waals surface area (Å²) < 4.78 is 0. The number of likely N-dealkylation sites (N-methyl/N-ethyl adjacent to an activating group) is 1. The third-order valence-electron chi connectivity index (χ3n) is 6.27. The van der Waals surface area contributed by atoms with Gasteiger partial charge >= 0.3 is 0 Å². The highest BCUT2D eigenvalue weighted by Crippen LogP contribution is 2.56. The monoisotopic (exact) mass is 297 g/mol. The van der Waals surface area contributed by atoms with Crippen molar-refractivity contribution in [2.45, 2.75) is 44.6 Å². The van der Waals surface area contributed by atoms with E-state index < -0.39 is 0 Å². The van der Waals surface area contributed by atoms with Crippen LogP contribution in [0, 0.1) is 12.8 Å². The molecule has 0 radical (unpaired) electrons. The highest BCUT2D eigenvalue weighted by molar-refractivity contribution is 5.97.